The zero-order valence-corrected chi connectivity index (χ0v) is 11.9. The minimum atomic E-state index is -1.47. The fourth-order valence-corrected chi connectivity index (χ4v) is 3.14. The maximum atomic E-state index is 10.6. The summed E-state index contributed by atoms with van der Waals surface area (Å²) in [5.74, 6) is 0.0341. The molecule has 1 aromatic carbocycles. The molecule has 1 aliphatic rings. The summed E-state index contributed by atoms with van der Waals surface area (Å²) >= 11 is 0. The molecule has 0 spiro atoms. The van der Waals surface area contributed by atoms with Crippen molar-refractivity contribution < 1.29 is 20.4 Å². The molecule has 1 aliphatic carbocycles. The van der Waals surface area contributed by atoms with Gasteiger partial charge in [-0.2, -0.15) is 0 Å². The molecule has 4 N–H and O–H groups in total. The third-order valence-electron chi connectivity index (χ3n) is 4.67. The van der Waals surface area contributed by atoms with Crippen LogP contribution in [0.25, 0.3) is 0 Å². The van der Waals surface area contributed by atoms with Crippen LogP contribution in [0.5, 0.6) is 5.75 Å². The fraction of sp³-hybridized carbons (Fsp3) is 0.600. The Balaban J connectivity index is 2.77. The van der Waals surface area contributed by atoms with Crippen molar-refractivity contribution in [3.8, 4) is 5.75 Å². The Morgan fingerprint density at radius 1 is 1.11 bits per heavy atom. The number of phenols is 1. The number of aromatic hydroxyl groups is 1. The van der Waals surface area contributed by atoms with E-state index < -0.39 is 11.2 Å². The molecule has 0 saturated heterocycles. The number of benzene rings is 1. The predicted octanol–water partition coefficient (Wildman–Crippen LogP) is 1.06. The summed E-state index contributed by atoms with van der Waals surface area (Å²) in [4.78, 5) is 0. The van der Waals surface area contributed by atoms with Crippen LogP contribution in [-0.2, 0) is 18.4 Å². The fourth-order valence-electron chi connectivity index (χ4n) is 3.14. The molecule has 4 nitrogen and oxygen atoms in total. The largest absolute Gasteiger partial charge is 0.507 e. The first-order valence-electron chi connectivity index (χ1n) is 6.55. The van der Waals surface area contributed by atoms with Crippen LogP contribution in [0, 0.1) is 13.8 Å². The van der Waals surface area contributed by atoms with E-state index in [0.29, 0.717) is 24.0 Å². The van der Waals surface area contributed by atoms with E-state index in [4.69, 9.17) is 5.11 Å². The van der Waals surface area contributed by atoms with Gasteiger partial charge >= 0.3 is 0 Å². The zero-order chi connectivity index (χ0) is 14.6. The number of aliphatic hydroxyl groups is 3. The van der Waals surface area contributed by atoms with Crippen molar-refractivity contribution >= 4 is 0 Å². The SMILES string of the molecule is Cc1c(O)c2c(c(C)c1CCO)C[C@@](C)(O)[C@]2(C)O. The molecule has 0 bridgehead atoms. The van der Waals surface area contributed by atoms with Crippen LogP contribution in [0.4, 0.5) is 0 Å². The summed E-state index contributed by atoms with van der Waals surface area (Å²) in [6.07, 6.45) is 0.760. The van der Waals surface area contributed by atoms with Crippen LogP contribution < -0.4 is 0 Å². The highest BCUT2D eigenvalue weighted by Crippen LogP contribution is 2.50. The maximum absolute atomic E-state index is 10.6. The lowest BCUT2D eigenvalue weighted by molar-refractivity contribution is -0.123. The third kappa shape index (κ3) is 1.78. The van der Waals surface area contributed by atoms with E-state index in [-0.39, 0.29) is 12.4 Å². The van der Waals surface area contributed by atoms with Crippen molar-refractivity contribution in [3.05, 3.63) is 27.8 Å². The molecule has 2 rings (SSSR count). The van der Waals surface area contributed by atoms with Gasteiger partial charge in [-0.15, -0.1) is 0 Å². The van der Waals surface area contributed by atoms with E-state index >= 15 is 0 Å². The summed E-state index contributed by atoms with van der Waals surface area (Å²) in [5.41, 5.74) is 0.949. The normalized spacial score (nSPS) is 29.6. The van der Waals surface area contributed by atoms with Crippen LogP contribution in [0.3, 0.4) is 0 Å². The standard InChI is InChI=1S/C15H22O4/c1-8-10(5-6-16)9(2)13(17)12-11(8)7-14(3,18)15(12,4)19/h16-19H,5-7H2,1-4H3/t14-,15-/m1/s1. The predicted molar refractivity (Wildman–Crippen MR) is 72.3 cm³/mol. The van der Waals surface area contributed by atoms with Gasteiger partial charge in [-0.25, -0.2) is 0 Å². The Kier molecular flexibility index (Phi) is 3.16. The Morgan fingerprint density at radius 3 is 2.21 bits per heavy atom. The van der Waals surface area contributed by atoms with Gasteiger partial charge < -0.3 is 20.4 Å². The lowest BCUT2D eigenvalue weighted by atomic mass is 9.84. The molecule has 106 valence electrons. The molecule has 0 heterocycles. The minimum absolute atomic E-state index is 0.00664. The molecule has 0 fully saturated rings. The molecule has 0 unspecified atom stereocenters. The van der Waals surface area contributed by atoms with Crippen LogP contribution >= 0.6 is 0 Å². The third-order valence-corrected chi connectivity index (χ3v) is 4.67. The molecule has 4 heteroatoms. The summed E-state index contributed by atoms with van der Waals surface area (Å²) in [5, 5.41) is 40.5. The molecule has 0 amide bonds. The quantitative estimate of drug-likeness (QED) is 0.645. The minimum Gasteiger partial charge on any atom is -0.507 e. The lowest BCUT2D eigenvalue weighted by Gasteiger charge is -2.32. The highest BCUT2D eigenvalue weighted by Gasteiger charge is 2.52. The van der Waals surface area contributed by atoms with Crippen molar-refractivity contribution in [1.82, 2.24) is 0 Å². The monoisotopic (exact) mass is 266 g/mol. The maximum Gasteiger partial charge on any atom is 0.125 e. The summed E-state index contributed by atoms with van der Waals surface area (Å²) in [6.45, 7) is 6.80. The molecule has 19 heavy (non-hydrogen) atoms. The number of aliphatic hydroxyl groups excluding tert-OH is 1. The van der Waals surface area contributed by atoms with Gasteiger partial charge in [0.1, 0.15) is 11.4 Å². The first kappa shape index (κ1) is 14.3. The van der Waals surface area contributed by atoms with E-state index in [0.717, 1.165) is 16.7 Å². The summed E-state index contributed by atoms with van der Waals surface area (Å²) in [6, 6.07) is 0. The van der Waals surface area contributed by atoms with Gasteiger partial charge in [0, 0.05) is 18.6 Å². The molecular weight excluding hydrogens is 244 g/mol. The van der Waals surface area contributed by atoms with Gasteiger partial charge in [0.05, 0.1) is 5.60 Å². The zero-order valence-electron chi connectivity index (χ0n) is 11.9. The van der Waals surface area contributed by atoms with Crippen LogP contribution in [0.2, 0.25) is 0 Å². The molecule has 1 aromatic rings. The summed E-state index contributed by atoms with van der Waals surface area (Å²) in [7, 11) is 0. The van der Waals surface area contributed by atoms with Gasteiger partial charge in [0.15, 0.2) is 0 Å². The van der Waals surface area contributed by atoms with Crippen molar-refractivity contribution in [1.29, 1.82) is 0 Å². The second-order valence-electron chi connectivity index (χ2n) is 5.93. The van der Waals surface area contributed by atoms with Crippen molar-refractivity contribution in [2.45, 2.75) is 51.7 Å². The number of fused-ring (bicyclic) bond motifs is 1. The van der Waals surface area contributed by atoms with Gasteiger partial charge in [0.25, 0.3) is 0 Å². The smallest absolute Gasteiger partial charge is 0.125 e. The van der Waals surface area contributed by atoms with Gasteiger partial charge in [-0.1, -0.05) is 0 Å². The molecule has 0 saturated carbocycles. The van der Waals surface area contributed by atoms with E-state index in [2.05, 4.69) is 0 Å². The van der Waals surface area contributed by atoms with Crippen molar-refractivity contribution in [2.24, 2.45) is 0 Å². The Bertz CT molecular complexity index is 530. The first-order chi connectivity index (χ1) is 8.65. The molecule has 2 atom stereocenters. The number of phenolic OH excluding ortho intramolecular Hbond substituents is 1. The van der Waals surface area contributed by atoms with Crippen LogP contribution in [0.1, 0.15) is 41.7 Å². The average molecular weight is 266 g/mol. The first-order valence-corrected chi connectivity index (χ1v) is 6.55. The van der Waals surface area contributed by atoms with Crippen LogP contribution in [0.15, 0.2) is 0 Å². The second kappa shape index (κ2) is 4.20. The summed E-state index contributed by atoms with van der Waals surface area (Å²) < 4.78 is 0. The molecule has 0 aliphatic heterocycles. The van der Waals surface area contributed by atoms with Crippen LogP contribution in [-0.4, -0.2) is 32.6 Å². The number of hydrogen-bond acceptors (Lipinski definition) is 4. The van der Waals surface area contributed by atoms with Gasteiger partial charge in [-0.05, 0) is 56.4 Å². The topological polar surface area (TPSA) is 80.9 Å². The van der Waals surface area contributed by atoms with Crippen molar-refractivity contribution in [2.75, 3.05) is 6.61 Å². The number of hydrogen-bond donors (Lipinski definition) is 4. The molecule has 0 aromatic heterocycles. The van der Waals surface area contributed by atoms with Gasteiger partial charge in [0.2, 0.25) is 0 Å². The van der Waals surface area contributed by atoms with Gasteiger partial charge in [-0.3, -0.25) is 0 Å². The Hall–Kier alpha value is -1.10. The Labute approximate surface area is 113 Å². The average Bonchev–Trinajstić information content (AvgIpc) is 2.49. The van der Waals surface area contributed by atoms with Crippen molar-refractivity contribution in [3.63, 3.8) is 0 Å². The van der Waals surface area contributed by atoms with E-state index in [1.54, 1.807) is 13.8 Å². The molecular formula is C15H22O4. The highest BCUT2D eigenvalue weighted by atomic mass is 16.4. The molecule has 0 radical (unpaired) electrons. The highest BCUT2D eigenvalue weighted by molar-refractivity contribution is 5.60. The number of rotatable bonds is 2. The second-order valence-corrected chi connectivity index (χ2v) is 5.93. The Morgan fingerprint density at radius 2 is 1.68 bits per heavy atom. The lowest BCUT2D eigenvalue weighted by Crippen LogP contribution is -2.44. The van der Waals surface area contributed by atoms with E-state index in [9.17, 15) is 15.3 Å². The van der Waals surface area contributed by atoms with E-state index in [1.807, 2.05) is 6.92 Å². The van der Waals surface area contributed by atoms with E-state index in [1.165, 1.54) is 6.92 Å².